The van der Waals surface area contributed by atoms with Crippen molar-refractivity contribution in [3.63, 3.8) is 0 Å². The lowest BCUT2D eigenvalue weighted by atomic mass is 9.93. The Morgan fingerprint density at radius 1 is 1.67 bits per heavy atom. The van der Waals surface area contributed by atoms with E-state index in [1.165, 1.54) is 11.3 Å². The second-order valence-electron chi connectivity index (χ2n) is 5.40. The largest absolute Gasteiger partial charge is 0.392 e. The first-order valence-electron chi connectivity index (χ1n) is 7.14. The Morgan fingerprint density at radius 2 is 2.48 bits per heavy atom. The fraction of sp³-hybridized carbons (Fsp3) is 0.714. The molecule has 0 radical (unpaired) electrons. The SMILES string of the molecule is COCCN(Cc1nccs1)C(=O)[C@@H]1CN(C)CC[C@H]1O. The maximum absolute atomic E-state index is 12.7. The minimum Gasteiger partial charge on any atom is -0.392 e. The summed E-state index contributed by atoms with van der Waals surface area (Å²) in [6.07, 6.45) is 1.82. The lowest BCUT2D eigenvalue weighted by Gasteiger charge is -2.36. The van der Waals surface area contributed by atoms with Gasteiger partial charge in [-0.15, -0.1) is 11.3 Å². The number of thiazole rings is 1. The number of hydrogen-bond acceptors (Lipinski definition) is 6. The van der Waals surface area contributed by atoms with E-state index >= 15 is 0 Å². The lowest BCUT2D eigenvalue weighted by molar-refractivity contribution is -0.143. The number of aromatic nitrogens is 1. The molecule has 1 N–H and O–H groups in total. The third kappa shape index (κ3) is 4.47. The molecule has 118 valence electrons. The highest BCUT2D eigenvalue weighted by Crippen LogP contribution is 2.20. The molecule has 1 aromatic heterocycles. The van der Waals surface area contributed by atoms with Gasteiger partial charge in [0.2, 0.25) is 5.91 Å². The Morgan fingerprint density at radius 3 is 3.14 bits per heavy atom. The number of carbonyl (C=O) groups excluding carboxylic acids is 1. The van der Waals surface area contributed by atoms with Gasteiger partial charge in [-0.05, 0) is 13.5 Å². The van der Waals surface area contributed by atoms with Crippen LogP contribution in [0.5, 0.6) is 0 Å². The first kappa shape index (κ1) is 16.4. The summed E-state index contributed by atoms with van der Waals surface area (Å²) in [5, 5.41) is 12.9. The number of methoxy groups -OCH3 is 1. The minimum atomic E-state index is -0.560. The normalized spacial score (nSPS) is 23.2. The maximum Gasteiger partial charge on any atom is 0.230 e. The zero-order valence-corrected chi connectivity index (χ0v) is 13.4. The van der Waals surface area contributed by atoms with Gasteiger partial charge in [0.05, 0.1) is 25.2 Å². The van der Waals surface area contributed by atoms with Crippen LogP contribution in [0, 0.1) is 5.92 Å². The number of amides is 1. The Labute approximate surface area is 129 Å². The molecule has 0 bridgehead atoms. The molecular formula is C14H23N3O3S. The van der Waals surface area contributed by atoms with E-state index in [1.54, 1.807) is 18.2 Å². The number of hydrogen-bond donors (Lipinski definition) is 1. The van der Waals surface area contributed by atoms with Crippen molar-refractivity contribution < 1.29 is 14.6 Å². The molecule has 0 unspecified atom stereocenters. The van der Waals surface area contributed by atoms with Crippen LogP contribution in [0.1, 0.15) is 11.4 Å². The highest BCUT2D eigenvalue weighted by atomic mass is 32.1. The first-order valence-corrected chi connectivity index (χ1v) is 8.02. The van der Waals surface area contributed by atoms with E-state index in [2.05, 4.69) is 9.88 Å². The number of carbonyl (C=O) groups is 1. The average molecular weight is 313 g/mol. The predicted octanol–water partition coefficient (Wildman–Crippen LogP) is 0.431. The quantitative estimate of drug-likeness (QED) is 0.825. The molecule has 2 atom stereocenters. The van der Waals surface area contributed by atoms with Crippen LogP contribution in [0.3, 0.4) is 0 Å². The lowest BCUT2D eigenvalue weighted by Crippen LogP contribution is -2.50. The number of ether oxygens (including phenoxy) is 1. The molecule has 1 aliphatic heterocycles. The van der Waals surface area contributed by atoms with Crippen molar-refractivity contribution >= 4 is 17.2 Å². The number of nitrogens with zero attached hydrogens (tertiary/aromatic N) is 3. The Kier molecular flexibility index (Phi) is 6.10. The van der Waals surface area contributed by atoms with Crippen LogP contribution in [0.2, 0.25) is 0 Å². The van der Waals surface area contributed by atoms with Crippen molar-refractivity contribution in [3.05, 3.63) is 16.6 Å². The third-order valence-corrected chi connectivity index (χ3v) is 4.55. The van der Waals surface area contributed by atoms with Gasteiger partial charge in [-0.2, -0.15) is 0 Å². The molecule has 2 heterocycles. The molecule has 1 fully saturated rings. The number of likely N-dealkylation sites (tertiary alicyclic amines) is 1. The van der Waals surface area contributed by atoms with Crippen LogP contribution in [-0.4, -0.2) is 72.3 Å². The van der Waals surface area contributed by atoms with Gasteiger partial charge in [0.25, 0.3) is 0 Å². The van der Waals surface area contributed by atoms with Gasteiger partial charge >= 0.3 is 0 Å². The third-order valence-electron chi connectivity index (χ3n) is 3.78. The maximum atomic E-state index is 12.7. The smallest absolute Gasteiger partial charge is 0.230 e. The Balaban J connectivity index is 2.05. The molecule has 1 saturated heterocycles. The van der Waals surface area contributed by atoms with E-state index in [4.69, 9.17) is 4.74 Å². The number of aliphatic hydroxyl groups excluding tert-OH is 1. The van der Waals surface area contributed by atoms with Crippen molar-refractivity contribution in [2.75, 3.05) is 40.4 Å². The van der Waals surface area contributed by atoms with Gasteiger partial charge < -0.3 is 19.6 Å². The summed E-state index contributed by atoms with van der Waals surface area (Å²) in [7, 11) is 3.60. The van der Waals surface area contributed by atoms with Gasteiger partial charge in [-0.25, -0.2) is 4.98 Å². The highest BCUT2D eigenvalue weighted by Gasteiger charge is 2.34. The predicted molar refractivity (Wildman–Crippen MR) is 81.0 cm³/mol. The number of rotatable bonds is 6. The van der Waals surface area contributed by atoms with Crippen LogP contribution in [-0.2, 0) is 16.1 Å². The summed E-state index contributed by atoms with van der Waals surface area (Å²) in [5.74, 6) is -0.373. The molecule has 6 nitrogen and oxygen atoms in total. The molecule has 0 aromatic carbocycles. The molecule has 21 heavy (non-hydrogen) atoms. The molecule has 2 rings (SSSR count). The van der Waals surface area contributed by atoms with Crippen molar-refractivity contribution in [1.82, 2.24) is 14.8 Å². The number of piperidine rings is 1. The molecular weight excluding hydrogens is 290 g/mol. The van der Waals surface area contributed by atoms with Gasteiger partial charge in [0.15, 0.2) is 0 Å². The van der Waals surface area contributed by atoms with E-state index in [9.17, 15) is 9.90 Å². The Bertz CT molecular complexity index is 441. The standard InChI is InChI=1S/C14H23N3O3S/c1-16-5-3-12(18)11(9-16)14(19)17(6-7-20-2)10-13-15-4-8-21-13/h4,8,11-12,18H,3,5-7,9-10H2,1-2H3/t11-,12-/m1/s1. The molecule has 1 aliphatic rings. The zero-order valence-electron chi connectivity index (χ0n) is 12.6. The van der Waals surface area contributed by atoms with Gasteiger partial charge in [0.1, 0.15) is 5.01 Å². The van der Waals surface area contributed by atoms with Crippen molar-refractivity contribution in [2.45, 2.75) is 19.1 Å². The van der Waals surface area contributed by atoms with Crippen LogP contribution in [0.15, 0.2) is 11.6 Å². The first-order chi connectivity index (χ1) is 10.1. The van der Waals surface area contributed by atoms with Crippen LogP contribution in [0.4, 0.5) is 0 Å². The summed E-state index contributed by atoms with van der Waals surface area (Å²) >= 11 is 1.53. The van der Waals surface area contributed by atoms with E-state index in [1.807, 2.05) is 12.4 Å². The highest BCUT2D eigenvalue weighted by molar-refractivity contribution is 7.09. The van der Waals surface area contributed by atoms with Crippen molar-refractivity contribution in [3.8, 4) is 0 Å². The molecule has 0 spiro atoms. The fourth-order valence-corrected chi connectivity index (χ4v) is 3.17. The average Bonchev–Trinajstić information content (AvgIpc) is 2.98. The van der Waals surface area contributed by atoms with Crippen LogP contribution in [0.25, 0.3) is 0 Å². The zero-order chi connectivity index (χ0) is 15.2. The monoisotopic (exact) mass is 313 g/mol. The molecule has 0 aliphatic carbocycles. The van der Waals surface area contributed by atoms with Crippen LogP contribution >= 0.6 is 11.3 Å². The van der Waals surface area contributed by atoms with Crippen LogP contribution < -0.4 is 0 Å². The minimum absolute atomic E-state index is 0.0127. The van der Waals surface area contributed by atoms with Crippen molar-refractivity contribution in [2.24, 2.45) is 5.92 Å². The molecule has 7 heteroatoms. The van der Waals surface area contributed by atoms with E-state index < -0.39 is 6.10 Å². The summed E-state index contributed by atoms with van der Waals surface area (Å²) in [5.41, 5.74) is 0. The Hall–Kier alpha value is -1.02. The number of aliphatic hydroxyl groups is 1. The van der Waals surface area contributed by atoms with E-state index in [0.717, 1.165) is 11.6 Å². The second-order valence-corrected chi connectivity index (χ2v) is 6.38. The van der Waals surface area contributed by atoms with Gasteiger partial charge in [-0.3, -0.25) is 4.79 Å². The topological polar surface area (TPSA) is 65.9 Å². The van der Waals surface area contributed by atoms with Gasteiger partial charge in [-0.1, -0.05) is 0 Å². The van der Waals surface area contributed by atoms with E-state index in [-0.39, 0.29) is 11.8 Å². The molecule has 0 saturated carbocycles. The van der Waals surface area contributed by atoms with Crippen molar-refractivity contribution in [1.29, 1.82) is 0 Å². The summed E-state index contributed by atoms with van der Waals surface area (Å²) < 4.78 is 5.09. The summed E-state index contributed by atoms with van der Waals surface area (Å²) in [4.78, 5) is 20.8. The van der Waals surface area contributed by atoms with Gasteiger partial charge in [0, 0.05) is 38.3 Å². The molecule has 1 amide bonds. The summed E-state index contributed by atoms with van der Waals surface area (Å²) in [6, 6.07) is 0. The second kappa shape index (κ2) is 7.84. The van der Waals surface area contributed by atoms with E-state index in [0.29, 0.717) is 32.7 Å². The summed E-state index contributed by atoms with van der Waals surface area (Å²) in [6.45, 7) is 2.90. The fourth-order valence-electron chi connectivity index (χ4n) is 2.54. The molecule has 1 aromatic rings.